The molecule has 1 amide bonds. The van der Waals surface area contributed by atoms with Gasteiger partial charge in [-0.05, 0) is 68.3 Å². The maximum absolute atomic E-state index is 14.3. The lowest BCUT2D eigenvalue weighted by molar-refractivity contribution is -0.148. The molecule has 12 heteroatoms. The normalized spacial score (nSPS) is 25.1. The highest BCUT2D eigenvalue weighted by molar-refractivity contribution is 6.25. The number of ketones is 2. The zero-order chi connectivity index (χ0) is 31.8. The number of fused-ring (bicyclic) bond motifs is 5. The number of amides is 1. The van der Waals surface area contributed by atoms with Crippen molar-refractivity contribution in [2.24, 2.45) is 17.6 Å². The van der Waals surface area contributed by atoms with Gasteiger partial charge in [0.05, 0.1) is 11.6 Å². The van der Waals surface area contributed by atoms with Crippen LogP contribution in [-0.4, -0.2) is 82.5 Å². The summed E-state index contributed by atoms with van der Waals surface area (Å²) in [5, 5.41) is 34.4. The molecule has 0 saturated heterocycles. The lowest BCUT2D eigenvalue weighted by Gasteiger charge is -2.50. The van der Waals surface area contributed by atoms with Crippen LogP contribution >= 0.6 is 0 Å². The van der Waals surface area contributed by atoms with Crippen LogP contribution in [0.25, 0.3) is 23.3 Å². The molecule has 0 aliphatic heterocycles. The average molecular weight is 603 g/mol. The van der Waals surface area contributed by atoms with Crippen LogP contribution in [0.3, 0.4) is 0 Å². The van der Waals surface area contributed by atoms with Crippen molar-refractivity contribution < 1.29 is 38.5 Å². The minimum absolute atomic E-state index is 0.0404. The molecule has 3 aliphatic carbocycles. The molecular weight excluding hydrogens is 571 g/mol. The van der Waals surface area contributed by atoms with Gasteiger partial charge in [0, 0.05) is 37.3 Å². The molecule has 0 bridgehead atoms. The largest absolute Gasteiger partial charge is 0.510 e. The smallest absolute Gasteiger partial charge is 0.255 e. The molecule has 3 aliphatic rings. The van der Waals surface area contributed by atoms with Gasteiger partial charge in [0.1, 0.15) is 28.4 Å². The third-order valence-electron chi connectivity index (χ3n) is 8.87. The van der Waals surface area contributed by atoms with Gasteiger partial charge in [-0.1, -0.05) is 12.1 Å². The minimum Gasteiger partial charge on any atom is -0.510 e. The van der Waals surface area contributed by atoms with Crippen molar-refractivity contribution in [3.63, 3.8) is 0 Å². The number of anilines is 1. The molecule has 3 aromatic rings. The molecule has 228 valence electrons. The van der Waals surface area contributed by atoms with Crippen LogP contribution in [-0.2, 0) is 16.0 Å². The fourth-order valence-electron chi connectivity index (χ4n) is 6.92. The van der Waals surface area contributed by atoms with E-state index in [-0.39, 0.29) is 41.3 Å². The third-order valence-corrected chi connectivity index (χ3v) is 8.87. The number of aliphatic hydroxyl groups is 3. The maximum atomic E-state index is 14.3. The van der Waals surface area contributed by atoms with Gasteiger partial charge in [0.2, 0.25) is 11.7 Å². The van der Waals surface area contributed by atoms with E-state index in [1.807, 2.05) is 19.0 Å². The number of aromatic nitrogens is 1. The quantitative estimate of drug-likeness (QED) is 0.319. The van der Waals surface area contributed by atoms with Gasteiger partial charge >= 0.3 is 0 Å². The third kappa shape index (κ3) is 4.16. The van der Waals surface area contributed by atoms with Crippen LogP contribution < -0.4 is 10.6 Å². The monoisotopic (exact) mass is 602 g/mol. The first-order valence-corrected chi connectivity index (χ1v) is 14.0. The van der Waals surface area contributed by atoms with Crippen molar-refractivity contribution in [3.8, 4) is 0 Å². The number of Topliss-reactive ketones (excluding diaryl/α,β-unsaturated/α-hetero) is 2. The van der Waals surface area contributed by atoms with Crippen molar-refractivity contribution in [2.75, 3.05) is 33.1 Å². The molecule has 0 saturated carbocycles. The van der Waals surface area contributed by atoms with E-state index in [1.54, 1.807) is 44.4 Å². The van der Waals surface area contributed by atoms with Crippen molar-refractivity contribution in [1.82, 2.24) is 9.88 Å². The first-order chi connectivity index (χ1) is 20.7. The number of allylic oxidation sites excluding steroid dienone is 1. The molecule has 4 atom stereocenters. The summed E-state index contributed by atoms with van der Waals surface area (Å²) in [5.41, 5.74) is 4.49. The van der Waals surface area contributed by atoms with Crippen LogP contribution in [0, 0.1) is 17.7 Å². The summed E-state index contributed by atoms with van der Waals surface area (Å²) >= 11 is 0. The Morgan fingerprint density at radius 2 is 1.82 bits per heavy atom. The number of aliphatic hydroxyl groups excluding tert-OH is 2. The summed E-state index contributed by atoms with van der Waals surface area (Å²) in [7, 11) is 6.83. The first kappa shape index (κ1) is 29.3. The van der Waals surface area contributed by atoms with Crippen LogP contribution in [0.1, 0.15) is 33.8 Å². The van der Waals surface area contributed by atoms with E-state index in [1.165, 1.54) is 17.0 Å². The summed E-state index contributed by atoms with van der Waals surface area (Å²) in [6.45, 7) is 0. The van der Waals surface area contributed by atoms with E-state index < -0.39 is 58.0 Å². The van der Waals surface area contributed by atoms with Crippen LogP contribution in [0.2, 0.25) is 0 Å². The fraction of sp³-hybridized carbons (Fsp3) is 0.312. The highest BCUT2D eigenvalue weighted by Crippen LogP contribution is 2.53. The highest BCUT2D eigenvalue weighted by Gasteiger charge is 2.63. The SMILES string of the molecule is CN(C)c1cc2nc(/C=C/c3ccc(F)cc3)oc2c2c1C[C@H]1C[C@H]3[C@H](N(C)C)C(O)=C(C(N)=O)C(=O)[C@@]3(O)C(O)=C1C2=O. The lowest BCUT2D eigenvalue weighted by Crippen LogP contribution is -2.63. The Labute approximate surface area is 251 Å². The standard InChI is InChI=1S/C32H31FN4O7/c1-36(2)20-13-19-28(44-21(35-19)10-7-14-5-8-16(33)9-6-14)23-17(20)11-15-12-18-25(37(3)4)27(39)24(31(34)42)30(41)32(18,43)29(40)22(15)26(23)38/h5-10,13,15,18,25,39-40,43H,11-12H2,1-4H3,(H2,34,42)/b10-7+/t15-,18-,25-,32-/m0/s1. The van der Waals surface area contributed by atoms with Gasteiger partial charge in [-0.2, -0.15) is 0 Å². The molecule has 0 unspecified atom stereocenters. The van der Waals surface area contributed by atoms with E-state index in [0.717, 1.165) is 0 Å². The molecule has 6 rings (SSSR count). The zero-order valence-electron chi connectivity index (χ0n) is 24.5. The predicted molar refractivity (Wildman–Crippen MR) is 159 cm³/mol. The lowest BCUT2D eigenvalue weighted by atomic mass is 9.58. The van der Waals surface area contributed by atoms with E-state index in [0.29, 0.717) is 22.3 Å². The molecule has 0 radical (unpaired) electrons. The second-order valence-corrected chi connectivity index (χ2v) is 11.9. The number of likely N-dealkylation sites (N-methyl/N-ethyl adjacent to an activating group) is 1. The minimum atomic E-state index is -2.67. The van der Waals surface area contributed by atoms with E-state index in [9.17, 15) is 34.1 Å². The van der Waals surface area contributed by atoms with E-state index in [2.05, 4.69) is 4.98 Å². The number of oxazole rings is 1. The number of halogens is 1. The summed E-state index contributed by atoms with van der Waals surface area (Å²) in [5.74, 6) is -6.51. The summed E-state index contributed by atoms with van der Waals surface area (Å²) < 4.78 is 19.4. The maximum Gasteiger partial charge on any atom is 0.255 e. The summed E-state index contributed by atoms with van der Waals surface area (Å²) in [4.78, 5) is 48.0. The molecule has 11 nitrogen and oxygen atoms in total. The number of nitrogens with zero attached hydrogens (tertiary/aromatic N) is 3. The number of benzene rings is 2. The summed E-state index contributed by atoms with van der Waals surface area (Å²) in [6, 6.07) is 6.59. The molecule has 0 spiro atoms. The van der Waals surface area contributed by atoms with Crippen molar-refractivity contribution >= 4 is 46.4 Å². The topological polar surface area (TPSA) is 170 Å². The summed E-state index contributed by atoms with van der Waals surface area (Å²) in [6.07, 6.45) is 3.56. The van der Waals surface area contributed by atoms with E-state index in [4.69, 9.17) is 10.2 Å². The van der Waals surface area contributed by atoms with Crippen LogP contribution in [0.15, 0.2) is 57.4 Å². The number of carbonyl (C=O) groups is 3. The molecule has 1 heterocycles. The first-order valence-electron chi connectivity index (χ1n) is 14.0. The Balaban J connectivity index is 1.52. The van der Waals surface area contributed by atoms with E-state index >= 15 is 0 Å². The van der Waals surface area contributed by atoms with Crippen molar-refractivity contribution in [3.05, 3.63) is 81.4 Å². The Morgan fingerprint density at radius 1 is 1.14 bits per heavy atom. The predicted octanol–water partition coefficient (Wildman–Crippen LogP) is 2.93. The molecule has 5 N–H and O–H groups in total. The van der Waals surface area contributed by atoms with Gasteiger partial charge in [-0.3, -0.25) is 19.3 Å². The number of carbonyl (C=O) groups excluding carboxylic acids is 3. The Morgan fingerprint density at radius 3 is 2.43 bits per heavy atom. The van der Waals surface area contributed by atoms with Crippen LogP contribution in [0.5, 0.6) is 0 Å². The number of hydrogen-bond donors (Lipinski definition) is 4. The van der Waals surface area contributed by atoms with Gasteiger partial charge in [-0.25, -0.2) is 9.37 Å². The number of hydrogen-bond acceptors (Lipinski definition) is 10. The molecule has 2 aromatic carbocycles. The number of rotatable bonds is 5. The Kier molecular flexibility index (Phi) is 6.74. The van der Waals surface area contributed by atoms with Crippen LogP contribution in [0.4, 0.5) is 10.1 Å². The van der Waals surface area contributed by atoms with Gasteiger partial charge in [-0.15, -0.1) is 0 Å². The Hall–Kier alpha value is -4.81. The molecule has 0 fully saturated rings. The second kappa shape index (κ2) is 10.1. The number of primary amides is 1. The highest BCUT2D eigenvalue weighted by atomic mass is 19.1. The average Bonchev–Trinajstić information content (AvgIpc) is 3.36. The van der Waals surface area contributed by atoms with Gasteiger partial charge < -0.3 is 30.4 Å². The molecule has 44 heavy (non-hydrogen) atoms. The zero-order valence-corrected chi connectivity index (χ0v) is 24.5. The fourth-order valence-corrected chi connectivity index (χ4v) is 6.92. The van der Waals surface area contributed by atoms with Gasteiger partial charge in [0.15, 0.2) is 17.0 Å². The van der Waals surface area contributed by atoms with Crippen molar-refractivity contribution in [1.29, 1.82) is 0 Å². The molecule has 1 aromatic heterocycles. The Bertz CT molecular complexity index is 1850. The number of nitrogens with two attached hydrogens (primary N) is 1. The van der Waals surface area contributed by atoms with Crippen molar-refractivity contribution in [2.45, 2.75) is 24.5 Å². The second-order valence-electron chi connectivity index (χ2n) is 11.9. The molecular formula is C32H31FN4O7. The van der Waals surface area contributed by atoms with Gasteiger partial charge in [0.25, 0.3) is 5.91 Å².